The van der Waals surface area contributed by atoms with Gasteiger partial charge >= 0.3 is 0 Å². The summed E-state index contributed by atoms with van der Waals surface area (Å²) in [6, 6.07) is 10.9. The van der Waals surface area contributed by atoms with Crippen LogP contribution >= 0.6 is 27.3 Å². The lowest BCUT2D eigenvalue weighted by atomic mass is 10.2. The number of carbonyl (C=O) groups is 1. The normalized spacial score (nSPS) is 10.3. The lowest BCUT2D eigenvalue weighted by Gasteiger charge is -2.02. The molecule has 1 N–H and O–H groups in total. The van der Waals surface area contributed by atoms with Crippen molar-refractivity contribution in [1.82, 2.24) is 15.2 Å². The van der Waals surface area contributed by atoms with Gasteiger partial charge in [0, 0.05) is 22.4 Å². The fourth-order valence-electron chi connectivity index (χ4n) is 1.69. The molecule has 0 radical (unpaired) electrons. The summed E-state index contributed by atoms with van der Waals surface area (Å²) >= 11 is 4.67. The second-order valence-corrected chi connectivity index (χ2v) is 5.91. The minimum absolute atomic E-state index is 0.222. The van der Waals surface area contributed by atoms with Gasteiger partial charge in [-0.1, -0.05) is 23.5 Å². The van der Waals surface area contributed by atoms with E-state index in [9.17, 15) is 4.79 Å². The van der Waals surface area contributed by atoms with Crippen LogP contribution in [0.5, 0.6) is 0 Å². The van der Waals surface area contributed by atoms with Gasteiger partial charge in [0.05, 0.1) is 5.56 Å². The van der Waals surface area contributed by atoms with E-state index in [0.717, 1.165) is 15.0 Å². The molecule has 3 rings (SSSR count). The van der Waals surface area contributed by atoms with Crippen LogP contribution in [0.1, 0.15) is 10.4 Å². The van der Waals surface area contributed by atoms with Crippen molar-refractivity contribution < 1.29 is 4.79 Å². The predicted octanol–water partition coefficient (Wildman–Crippen LogP) is 3.61. The molecule has 2 heterocycles. The lowest BCUT2D eigenvalue weighted by molar-refractivity contribution is 0.102. The molecule has 0 aliphatic carbocycles. The zero-order valence-electron chi connectivity index (χ0n) is 10.7. The van der Waals surface area contributed by atoms with Crippen LogP contribution in [0.2, 0.25) is 0 Å². The largest absolute Gasteiger partial charge is 0.296 e. The highest BCUT2D eigenvalue weighted by atomic mass is 79.9. The van der Waals surface area contributed by atoms with Gasteiger partial charge in [0.25, 0.3) is 5.91 Å². The van der Waals surface area contributed by atoms with Gasteiger partial charge < -0.3 is 0 Å². The van der Waals surface area contributed by atoms with E-state index in [-0.39, 0.29) is 5.91 Å². The monoisotopic (exact) mass is 360 g/mol. The molecule has 1 amide bonds. The molecule has 7 heteroatoms. The molecule has 0 atom stereocenters. The number of carbonyl (C=O) groups excluding carboxylic acids is 1. The van der Waals surface area contributed by atoms with Gasteiger partial charge in [-0.05, 0) is 40.2 Å². The van der Waals surface area contributed by atoms with E-state index in [1.54, 1.807) is 18.5 Å². The third kappa shape index (κ3) is 3.14. The summed E-state index contributed by atoms with van der Waals surface area (Å²) in [7, 11) is 0. The molecule has 0 fully saturated rings. The Labute approximate surface area is 133 Å². The van der Waals surface area contributed by atoms with Crippen molar-refractivity contribution >= 4 is 38.3 Å². The first-order chi connectivity index (χ1) is 10.2. The van der Waals surface area contributed by atoms with Crippen LogP contribution in [-0.4, -0.2) is 21.1 Å². The highest BCUT2D eigenvalue weighted by Gasteiger charge is 2.13. The Morgan fingerprint density at radius 3 is 2.62 bits per heavy atom. The molecule has 104 valence electrons. The number of hydrogen-bond acceptors (Lipinski definition) is 5. The predicted molar refractivity (Wildman–Crippen MR) is 85.2 cm³/mol. The summed E-state index contributed by atoms with van der Waals surface area (Å²) in [5.41, 5.74) is 1.47. The summed E-state index contributed by atoms with van der Waals surface area (Å²) in [4.78, 5) is 16.1. The van der Waals surface area contributed by atoms with Gasteiger partial charge in [-0.15, -0.1) is 10.2 Å². The molecule has 0 saturated carbocycles. The second kappa shape index (κ2) is 6.11. The second-order valence-electron chi connectivity index (χ2n) is 4.08. The van der Waals surface area contributed by atoms with Crippen LogP contribution in [0.3, 0.4) is 0 Å². The maximum atomic E-state index is 12.2. The maximum absolute atomic E-state index is 12.2. The minimum atomic E-state index is -0.222. The minimum Gasteiger partial charge on any atom is -0.296 e. The topological polar surface area (TPSA) is 67.8 Å². The number of amides is 1. The van der Waals surface area contributed by atoms with Gasteiger partial charge in [-0.2, -0.15) is 0 Å². The Morgan fingerprint density at radius 1 is 1.10 bits per heavy atom. The molecule has 21 heavy (non-hydrogen) atoms. The zero-order valence-corrected chi connectivity index (χ0v) is 13.1. The van der Waals surface area contributed by atoms with Gasteiger partial charge in [0.1, 0.15) is 5.01 Å². The fourth-order valence-corrected chi connectivity index (χ4v) is 2.90. The van der Waals surface area contributed by atoms with Crippen molar-refractivity contribution in [2.45, 2.75) is 0 Å². The number of pyridine rings is 1. The van der Waals surface area contributed by atoms with E-state index in [1.165, 1.54) is 11.3 Å². The van der Waals surface area contributed by atoms with Crippen LogP contribution in [0, 0.1) is 0 Å². The van der Waals surface area contributed by atoms with Crippen molar-refractivity contribution in [2.24, 2.45) is 0 Å². The molecule has 0 aliphatic rings. The number of aromatic nitrogens is 3. The maximum Gasteiger partial charge on any atom is 0.258 e. The summed E-state index contributed by atoms with van der Waals surface area (Å²) in [6.45, 7) is 0. The molecule has 0 saturated heterocycles. The lowest BCUT2D eigenvalue weighted by Crippen LogP contribution is -2.12. The number of nitrogens with one attached hydrogen (secondary N) is 1. The first kappa shape index (κ1) is 13.8. The Hall–Kier alpha value is -2.12. The number of halogens is 1. The third-order valence-corrected chi connectivity index (χ3v) is 4.27. The van der Waals surface area contributed by atoms with Crippen molar-refractivity contribution in [2.75, 3.05) is 5.32 Å². The summed E-state index contributed by atoms with van der Waals surface area (Å²) in [5.74, 6) is -0.222. The molecule has 2 aromatic heterocycles. The quantitative estimate of drug-likeness (QED) is 0.774. The molecular formula is C14H9BrN4OS. The number of hydrogen-bond donors (Lipinski definition) is 1. The Kier molecular flexibility index (Phi) is 4.03. The smallest absolute Gasteiger partial charge is 0.258 e. The van der Waals surface area contributed by atoms with E-state index in [2.05, 4.69) is 36.4 Å². The van der Waals surface area contributed by atoms with Crippen LogP contribution < -0.4 is 5.32 Å². The molecule has 0 aliphatic heterocycles. The van der Waals surface area contributed by atoms with Crippen LogP contribution in [0.25, 0.3) is 10.6 Å². The number of nitrogens with zero attached hydrogens (tertiary/aromatic N) is 3. The Morgan fingerprint density at radius 2 is 1.86 bits per heavy atom. The number of anilines is 1. The standard InChI is InChI=1S/C14H9BrN4OS/c15-11-4-2-1-3-10(11)12(20)17-14-19-18-13(21-14)9-5-7-16-8-6-9/h1-8H,(H,17,19,20). The van der Waals surface area contributed by atoms with E-state index in [1.807, 2.05) is 30.3 Å². The summed E-state index contributed by atoms with van der Waals surface area (Å²) in [5, 5.41) is 12.0. The van der Waals surface area contributed by atoms with E-state index < -0.39 is 0 Å². The van der Waals surface area contributed by atoms with Gasteiger partial charge in [0.2, 0.25) is 5.13 Å². The zero-order chi connectivity index (χ0) is 14.7. The summed E-state index contributed by atoms with van der Waals surface area (Å²) < 4.78 is 0.737. The average molecular weight is 361 g/mol. The molecule has 0 bridgehead atoms. The Bertz CT molecular complexity index is 775. The van der Waals surface area contributed by atoms with E-state index in [4.69, 9.17) is 0 Å². The molecule has 1 aromatic carbocycles. The first-order valence-electron chi connectivity index (χ1n) is 6.04. The van der Waals surface area contributed by atoms with Crippen LogP contribution in [0.4, 0.5) is 5.13 Å². The number of benzene rings is 1. The van der Waals surface area contributed by atoms with Crippen molar-refractivity contribution in [1.29, 1.82) is 0 Å². The average Bonchev–Trinajstić information content (AvgIpc) is 2.97. The Balaban J connectivity index is 1.79. The first-order valence-corrected chi connectivity index (χ1v) is 7.65. The third-order valence-electron chi connectivity index (χ3n) is 2.69. The van der Waals surface area contributed by atoms with Gasteiger partial charge in [0.15, 0.2) is 0 Å². The van der Waals surface area contributed by atoms with E-state index >= 15 is 0 Å². The highest BCUT2D eigenvalue weighted by Crippen LogP contribution is 2.26. The summed E-state index contributed by atoms with van der Waals surface area (Å²) in [6.07, 6.45) is 3.38. The SMILES string of the molecule is O=C(Nc1nnc(-c2ccncc2)s1)c1ccccc1Br. The molecule has 5 nitrogen and oxygen atoms in total. The molecule has 0 unspecified atom stereocenters. The highest BCUT2D eigenvalue weighted by molar-refractivity contribution is 9.10. The molecule has 3 aromatic rings. The fraction of sp³-hybridized carbons (Fsp3) is 0. The van der Waals surface area contributed by atoms with Gasteiger partial charge in [-0.25, -0.2) is 0 Å². The molecular weight excluding hydrogens is 352 g/mol. The van der Waals surface area contributed by atoms with Crippen molar-refractivity contribution in [3.63, 3.8) is 0 Å². The van der Waals surface area contributed by atoms with Crippen molar-refractivity contribution in [3.8, 4) is 10.6 Å². The number of rotatable bonds is 3. The van der Waals surface area contributed by atoms with Crippen LogP contribution in [-0.2, 0) is 0 Å². The van der Waals surface area contributed by atoms with Crippen LogP contribution in [0.15, 0.2) is 53.3 Å². The van der Waals surface area contributed by atoms with Crippen molar-refractivity contribution in [3.05, 3.63) is 58.8 Å². The van der Waals surface area contributed by atoms with E-state index in [0.29, 0.717) is 10.7 Å². The van der Waals surface area contributed by atoms with Gasteiger partial charge in [-0.3, -0.25) is 15.1 Å². The molecule has 0 spiro atoms.